The fourth-order valence-corrected chi connectivity index (χ4v) is 4.67. The minimum absolute atomic E-state index is 0.268. The second kappa shape index (κ2) is 7.11. The maximum absolute atomic E-state index is 9.71. The van der Waals surface area contributed by atoms with Crippen molar-refractivity contribution in [2.24, 2.45) is 0 Å². The molecule has 0 spiro atoms. The van der Waals surface area contributed by atoms with E-state index >= 15 is 0 Å². The molecule has 24 heavy (non-hydrogen) atoms. The quantitative estimate of drug-likeness (QED) is 0.906. The number of ether oxygens (including phenoxy) is 1. The van der Waals surface area contributed by atoms with Crippen LogP contribution in [0.3, 0.4) is 0 Å². The minimum Gasteiger partial charge on any atom is -0.376 e. The number of pyridine rings is 1. The van der Waals surface area contributed by atoms with E-state index in [9.17, 15) is 5.26 Å². The third-order valence-electron chi connectivity index (χ3n) is 5.92. The first-order valence-corrected chi connectivity index (χ1v) is 9.68. The van der Waals surface area contributed by atoms with Crippen LogP contribution in [0.15, 0.2) is 0 Å². The lowest BCUT2D eigenvalue weighted by atomic mass is 9.84. The van der Waals surface area contributed by atoms with Crippen LogP contribution in [0, 0.1) is 11.3 Å². The zero-order valence-electron chi connectivity index (χ0n) is 14.4. The van der Waals surface area contributed by atoms with Crippen molar-refractivity contribution in [2.75, 3.05) is 18.5 Å². The van der Waals surface area contributed by atoms with Crippen molar-refractivity contribution in [3.63, 3.8) is 0 Å². The minimum atomic E-state index is 0.268. The Morgan fingerprint density at radius 1 is 1.04 bits per heavy atom. The number of nitrogens with zero attached hydrogens (tertiary/aromatic N) is 2. The smallest absolute Gasteiger partial charge is 0.144 e. The first-order chi connectivity index (χ1) is 11.9. The Morgan fingerprint density at radius 3 is 2.62 bits per heavy atom. The van der Waals surface area contributed by atoms with Gasteiger partial charge in [-0.15, -0.1) is 0 Å². The van der Waals surface area contributed by atoms with Crippen LogP contribution < -0.4 is 5.32 Å². The molecule has 2 heterocycles. The predicted molar refractivity (Wildman–Crippen MR) is 94.3 cm³/mol. The van der Waals surface area contributed by atoms with E-state index < -0.39 is 0 Å². The first kappa shape index (κ1) is 15.9. The van der Waals surface area contributed by atoms with E-state index in [1.165, 1.54) is 55.3 Å². The Hall–Kier alpha value is -1.60. The SMILES string of the molecule is N#Cc1c(NC[C@H]2CCCO2)nc(C2CCCCC2)c2c1CCC2. The molecule has 1 saturated carbocycles. The van der Waals surface area contributed by atoms with Gasteiger partial charge in [0.15, 0.2) is 0 Å². The largest absolute Gasteiger partial charge is 0.376 e. The van der Waals surface area contributed by atoms with Crippen LogP contribution in [0.25, 0.3) is 0 Å². The molecule has 1 saturated heterocycles. The van der Waals surface area contributed by atoms with Gasteiger partial charge in [-0.2, -0.15) is 5.26 Å². The molecule has 4 rings (SSSR count). The summed E-state index contributed by atoms with van der Waals surface area (Å²) in [6, 6.07) is 2.44. The number of hydrogen-bond acceptors (Lipinski definition) is 4. The summed E-state index contributed by atoms with van der Waals surface area (Å²) in [5.74, 6) is 1.41. The van der Waals surface area contributed by atoms with Crippen molar-refractivity contribution in [1.82, 2.24) is 4.98 Å². The van der Waals surface area contributed by atoms with E-state index in [2.05, 4.69) is 11.4 Å². The highest BCUT2D eigenvalue weighted by molar-refractivity contribution is 5.61. The molecule has 1 aliphatic heterocycles. The van der Waals surface area contributed by atoms with Crippen molar-refractivity contribution < 1.29 is 4.74 Å². The van der Waals surface area contributed by atoms with Gasteiger partial charge in [-0.05, 0) is 56.1 Å². The summed E-state index contributed by atoms with van der Waals surface area (Å²) < 4.78 is 5.71. The third kappa shape index (κ3) is 3.02. The normalized spacial score (nSPS) is 23.9. The lowest BCUT2D eigenvalue weighted by molar-refractivity contribution is 0.120. The van der Waals surface area contributed by atoms with Gasteiger partial charge in [-0.1, -0.05) is 19.3 Å². The van der Waals surface area contributed by atoms with Crippen LogP contribution in [-0.4, -0.2) is 24.2 Å². The van der Waals surface area contributed by atoms with Gasteiger partial charge in [0, 0.05) is 24.8 Å². The molecule has 4 heteroatoms. The molecule has 1 aromatic heterocycles. The van der Waals surface area contributed by atoms with Crippen LogP contribution >= 0.6 is 0 Å². The molecule has 0 amide bonds. The number of nitriles is 1. The molecular formula is C20H27N3O. The average Bonchev–Trinajstić information content (AvgIpc) is 3.31. The van der Waals surface area contributed by atoms with Gasteiger partial charge in [0.2, 0.25) is 0 Å². The summed E-state index contributed by atoms with van der Waals surface area (Å²) >= 11 is 0. The molecule has 128 valence electrons. The fraction of sp³-hybridized carbons (Fsp3) is 0.700. The van der Waals surface area contributed by atoms with Gasteiger partial charge in [-0.25, -0.2) is 4.98 Å². The molecule has 0 bridgehead atoms. The van der Waals surface area contributed by atoms with Gasteiger partial charge in [0.25, 0.3) is 0 Å². The van der Waals surface area contributed by atoms with Gasteiger partial charge in [0.05, 0.1) is 11.7 Å². The molecule has 4 nitrogen and oxygen atoms in total. The van der Waals surface area contributed by atoms with Gasteiger partial charge < -0.3 is 10.1 Å². The van der Waals surface area contributed by atoms with E-state index in [0.717, 1.165) is 50.2 Å². The zero-order valence-corrected chi connectivity index (χ0v) is 14.4. The van der Waals surface area contributed by atoms with Gasteiger partial charge in [-0.3, -0.25) is 0 Å². The van der Waals surface area contributed by atoms with E-state index in [1.54, 1.807) is 0 Å². The highest BCUT2D eigenvalue weighted by atomic mass is 16.5. The molecule has 2 fully saturated rings. The number of nitrogens with one attached hydrogen (secondary N) is 1. The van der Waals surface area contributed by atoms with Crippen LogP contribution in [0.4, 0.5) is 5.82 Å². The second-order valence-corrected chi connectivity index (χ2v) is 7.49. The molecule has 3 aliphatic rings. The average molecular weight is 325 g/mol. The summed E-state index contributed by atoms with van der Waals surface area (Å²) in [7, 11) is 0. The molecule has 0 aromatic carbocycles. The first-order valence-electron chi connectivity index (χ1n) is 9.68. The van der Waals surface area contributed by atoms with Gasteiger partial charge in [0.1, 0.15) is 11.9 Å². The van der Waals surface area contributed by atoms with E-state index in [-0.39, 0.29) is 6.10 Å². The van der Waals surface area contributed by atoms with Crippen molar-refractivity contribution in [3.05, 3.63) is 22.4 Å². The lowest BCUT2D eigenvalue weighted by Gasteiger charge is -2.25. The zero-order chi connectivity index (χ0) is 16.4. The molecule has 1 N–H and O–H groups in total. The highest BCUT2D eigenvalue weighted by Gasteiger charge is 2.28. The number of hydrogen-bond donors (Lipinski definition) is 1. The monoisotopic (exact) mass is 325 g/mol. The van der Waals surface area contributed by atoms with E-state index in [4.69, 9.17) is 9.72 Å². The summed E-state index contributed by atoms with van der Waals surface area (Å²) in [6.45, 7) is 1.63. The van der Waals surface area contributed by atoms with Crippen LogP contribution in [0.1, 0.15) is 79.7 Å². The Balaban J connectivity index is 1.65. The van der Waals surface area contributed by atoms with Crippen LogP contribution in [0.5, 0.6) is 0 Å². The van der Waals surface area contributed by atoms with Crippen LogP contribution in [0.2, 0.25) is 0 Å². The maximum Gasteiger partial charge on any atom is 0.144 e. The van der Waals surface area contributed by atoms with E-state index in [1.807, 2.05) is 0 Å². The Bertz CT molecular complexity index is 637. The number of aromatic nitrogens is 1. The summed E-state index contributed by atoms with van der Waals surface area (Å²) in [4.78, 5) is 5.01. The molecular weight excluding hydrogens is 298 g/mol. The lowest BCUT2D eigenvalue weighted by Crippen LogP contribution is -2.21. The Labute approximate surface area is 144 Å². The summed E-state index contributed by atoms with van der Waals surface area (Å²) in [6.07, 6.45) is 12.3. The topological polar surface area (TPSA) is 57.9 Å². The second-order valence-electron chi connectivity index (χ2n) is 7.49. The number of anilines is 1. The van der Waals surface area contributed by atoms with Crippen molar-refractivity contribution in [1.29, 1.82) is 5.26 Å². The van der Waals surface area contributed by atoms with Gasteiger partial charge >= 0.3 is 0 Å². The van der Waals surface area contributed by atoms with Crippen LogP contribution in [-0.2, 0) is 17.6 Å². The third-order valence-corrected chi connectivity index (χ3v) is 5.92. The van der Waals surface area contributed by atoms with Crippen molar-refractivity contribution in [3.8, 4) is 6.07 Å². The Morgan fingerprint density at radius 2 is 1.88 bits per heavy atom. The summed E-state index contributed by atoms with van der Waals surface area (Å²) in [5, 5.41) is 13.2. The predicted octanol–water partition coefficient (Wildman–Crippen LogP) is 4.08. The maximum atomic E-state index is 9.71. The number of fused-ring (bicyclic) bond motifs is 1. The molecule has 0 unspecified atom stereocenters. The molecule has 1 aromatic rings. The van der Waals surface area contributed by atoms with E-state index in [0.29, 0.717) is 5.92 Å². The Kier molecular flexibility index (Phi) is 4.71. The standard InChI is InChI=1S/C20H27N3O/c21-12-18-16-9-4-10-17(16)19(14-6-2-1-3-7-14)23-20(18)22-13-15-8-5-11-24-15/h14-15H,1-11,13H2,(H,22,23)/t15-/m1/s1. The summed E-state index contributed by atoms with van der Waals surface area (Å²) in [5.41, 5.74) is 4.78. The number of rotatable bonds is 4. The molecule has 2 aliphatic carbocycles. The fourth-order valence-electron chi connectivity index (χ4n) is 4.67. The molecule has 1 atom stereocenters. The molecule has 0 radical (unpaired) electrons. The highest BCUT2D eigenvalue weighted by Crippen LogP contribution is 2.39. The van der Waals surface area contributed by atoms with Crippen molar-refractivity contribution >= 4 is 5.82 Å². The van der Waals surface area contributed by atoms with Crippen molar-refractivity contribution in [2.45, 2.75) is 76.2 Å².